The Labute approximate surface area is 119 Å². The minimum absolute atomic E-state index is 0.172. The predicted molar refractivity (Wildman–Crippen MR) is 78.2 cm³/mol. The average Bonchev–Trinajstić information content (AvgIpc) is 2.42. The van der Waals surface area contributed by atoms with Gasteiger partial charge in [-0.3, -0.25) is 0 Å². The van der Waals surface area contributed by atoms with Crippen LogP contribution >= 0.6 is 11.6 Å². The van der Waals surface area contributed by atoms with E-state index >= 15 is 0 Å². The smallest absolute Gasteiger partial charge is 0.334 e. The van der Waals surface area contributed by atoms with Crippen LogP contribution in [0.1, 0.15) is 43.7 Å². The summed E-state index contributed by atoms with van der Waals surface area (Å²) in [5, 5.41) is 0.749. The highest BCUT2D eigenvalue weighted by Crippen LogP contribution is 2.34. The van der Waals surface area contributed by atoms with Crippen LogP contribution in [0.15, 0.2) is 23.8 Å². The second-order valence-corrected chi connectivity index (χ2v) is 5.26. The number of allylic oxidation sites excluding steroid dienone is 1. The fourth-order valence-corrected chi connectivity index (χ4v) is 2.63. The summed E-state index contributed by atoms with van der Waals surface area (Å²) in [6, 6.07) is 6.00. The maximum Gasteiger partial charge on any atom is 0.334 e. The van der Waals surface area contributed by atoms with Crippen LogP contribution in [0.2, 0.25) is 5.02 Å². The number of hydrogen-bond donors (Lipinski definition) is 0. The minimum Gasteiger partial charge on any atom is -0.463 e. The molecule has 0 N–H and O–H groups in total. The Hall–Kier alpha value is -1.28. The van der Waals surface area contributed by atoms with Gasteiger partial charge in [-0.2, -0.15) is 0 Å². The lowest BCUT2D eigenvalue weighted by molar-refractivity contribution is -0.138. The van der Waals surface area contributed by atoms with E-state index < -0.39 is 0 Å². The van der Waals surface area contributed by atoms with Gasteiger partial charge in [0.25, 0.3) is 0 Å². The van der Waals surface area contributed by atoms with E-state index in [0.29, 0.717) is 6.61 Å². The predicted octanol–water partition coefficient (Wildman–Crippen LogP) is 4.54. The van der Waals surface area contributed by atoms with Crippen LogP contribution in [-0.4, -0.2) is 12.6 Å². The van der Waals surface area contributed by atoms with Crippen LogP contribution in [0.5, 0.6) is 0 Å². The number of ether oxygens (including phenoxy) is 1. The quantitative estimate of drug-likeness (QED) is 0.759. The first-order valence-electron chi connectivity index (χ1n) is 6.79. The molecule has 3 heteroatoms. The molecule has 1 aliphatic rings. The molecule has 0 saturated heterocycles. The van der Waals surface area contributed by atoms with Gasteiger partial charge >= 0.3 is 5.97 Å². The number of rotatable bonds is 3. The third kappa shape index (κ3) is 3.19. The van der Waals surface area contributed by atoms with Gasteiger partial charge in [-0.1, -0.05) is 23.7 Å². The standard InChI is InChI=1S/C16H19ClO2/c1-3-19-16(18)14-7-5-4-6-13(14)12-9-8-11(2)15(17)10-12/h8-10H,3-7H2,1-2H3. The van der Waals surface area contributed by atoms with E-state index in [0.717, 1.165) is 53.0 Å². The Morgan fingerprint density at radius 3 is 2.74 bits per heavy atom. The van der Waals surface area contributed by atoms with Crippen molar-refractivity contribution in [2.75, 3.05) is 6.61 Å². The molecule has 0 spiro atoms. The molecule has 2 rings (SSSR count). The average molecular weight is 279 g/mol. The highest BCUT2D eigenvalue weighted by Gasteiger charge is 2.21. The van der Waals surface area contributed by atoms with Gasteiger partial charge in [0, 0.05) is 10.6 Å². The van der Waals surface area contributed by atoms with Crippen molar-refractivity contribution >= 4 is 23.1 Å². The van der Waals surface area contributed by atoms with Gasteiger partial charge in [0.05, 0.1) is 6.61 Å². The number of hydrogen-bond acceptors (Lipinski definition) is 2. The molecule has 0 heterocycles. The van der Waals surface area contributed by atoms with Crippen LogP contribution in [0.3, 0.4) is 0 Å². The molecule has 0 amide bonds. The van der Waals surface area contributed by atoms with Gasteiger partial charge in [-0.05, 0) is 62.3 Å². The van der Waals surface area contributed by atoms with Gasteiger partial charge in [0.1, 0.15) is 0 Å². The molecule has 0 saturated carbocycles. The summed E-state index contributed by atoms with van der Waals surface area (Å²) < 4.78 is 5.16. The summed E-state index contributed by atoms with van der Waals surface area (Å²) in [6.07, 6.45) is 3.90. The minimum atomic E-state index is -0.172. The van der Waals surface area contributed by atoms with Crippen LogP contribution in [-0.2, 0) is 9.53 Å². The maximum absolute atomic E-state index is 12.0. The van der Waals surface area contributed by atoms with Crippen molar-refractivity contribution in [3.05, 3.63) is 39.9 Å². The van der Waals surface area contributed by atoms with Crippen molar-refractivity contribution in [1.82, 2.24) is 0 Å². The van der Waals surface area contributed by atoms with Crippen LogP contribution in [0.4, 0.5) is 0 Å². The summed E-state index contributed by atoms with van der Waals surface area (Å²) in [4.78, 5) is 12.0. The molecule has 1 aliphatic carbocycles. The molecule has 0 aliphatic heterocycles. The normalized spacial score (nSPS) is 15.5. The molecular formula is C16H19ClO2. The monoisotopic (exact) mass is 278 g/mol. The molecule has 2 nitrogen and oxygen atoms in total. The Kier molecular flexibility index (Phi) is 4.65. The van der Waals surface area contributed by atoms with E-state index in [9.17, 15) is 4.79 Å². The van der Waals surface area contributed by atoms with Crippen LogP contribution in [0, 0.1) is 6.92 Å². The number of carbonyl (C=O) groups is 1. The van der Waals surface area contributed by atoms with Crippen molar-refractivity contribution in [3.8, 4) is 0 Å². The Morgan fingerprint density at radius 1 is 1.32 bits per heavy atom. The lowest BCUT2D eigenvalue weighted by Crippen LogP contribution is -2.13. The fourth-order valence-electron chi connectivity index (χ4n) is 2.45. The first-order chi connectivity index (χ1) is 9.13. The molecule has 0 atom stereocenters. The summed E-state index contributed by atoms with van der Waals surface area (Å²) in [7, 11) is 0. The molecule has 1 aromatic rings. The number of esters is 1. The Bertz CT molecular complexity index is 517. The van der Waals surface area contributed by atoms with Crippen LogP contribution in [0.25, 0.3) is 5.57 Å². The lowest BCUT2D eigenvalue weighted by Gasteiger charge is -2.20. The summed E-state index contributed by atoms with van der Waals surface area (Å²) in [5.41, 5.74) is 4.04. The molecular weight excluding hydrogens is 260 g/mol. The van der Waals surface area contributed by atoms with Crippen LogP contribution < -0.4 is 0 Å². The van der Waals surface area contributed by atoms with E-state index in [1.807, 2.05) is 32.0 Å². The van der Waals surface area contributed by atoms with Gasteiger partial charge in [-0.25, -0.2) is 4.79 Å². The van der Waals surface area contributed by atoms with Gasteiger partial charge in [0.15, 0.2) is 0 Å². The number of aryl methyl sites for hydroxylation is 1. The molecule has 1 aromatic carbocycles. The number of carbonyl (C=O) groups excluding carboxylic acids is 1. The first kappa shape index (κ1) is 14.1. The highest BCUT2D eigenvalue weighted by atomic mass is 35.5. The molecule has 0 bridgehead atoms. The van der Waals surface area contributed by atoms with E-state index in [4.69, 9.17) is 16.3 Å². The van der Waals surface area contributed by atoms with Crippen molar-refractivity contribution in [2.45, 2.75) is 39.5 Å². The Balaban J connectivity index is 2.41. The largest absolute Gasteiger partial charge is 0.463 e. The Morgan fingerprint density at radius 2 is 2.05 bits per heavy atom. The molecule has 0 aromatic heterocycles. The summed E-state index contributed by atoms with van der Waals surface area (Å²) >= 11 is 6.18. The van der Waals surface area contributed by atoms with Gasteiger partial charge < -0.3 is 4.74 Å². The van der Waals surface area contributed by atoms with E-state index in [2.05, 4.69) is 0 Å². The van der Waals surface area contributed by atoms with Crippen molar-refractivity contribution in [2.24, 2.45) is 0 Å². The SMILES string of the molecule is CCOC(=O)C1=C(c2ccc(C)c(Cl)c2)CCCC1. The van der Waals surface area contributed by atoms with Gasteiger partial charge in [-0.15, -0.1) is 0 Å². The highest BCUT2D eigenvalue weighted by molar-refractivity contribution is 6.31. The van der Waals surface area contributed by atoms with Crippen molar-refractivity contribution in [3.63, 3.8) is 0 Å². The van der Waals surface area contributed by atoms with Crippen molar-refractivity contribution < 1.29 is 9.53 Å². The number of halogens is 1. The van der Waals surface area contributed by atoms with Crippen molar-refractivity contribution in [1.29, 1.82) is 0 Å². The van der Waals surface area contributed by atoms with E-state index in [-0.39, 0.29) is 5.97 Å². The van der Waals surface area contributed by atoms with E-state index in [1.54, 1.807) is 0 Å². The third-order valence-corrected chi connectivity index (χ3v) is 3.92. The molecule has 102 valence electrons. The molecule has 0 unspecified atom stereocenters. The zero-order chi connectivity index (χ0) is 13.8. The fraction of sp³-hybridized carbons (Fsp3) is 0.438. The second-order valence-electron chi connectivity index (χ2n) is 4.85. The zero-order valence-corrected chi connectivity index (χ0v) is 12.2. The molecule has 0 radical (unpaired) electrons. The topological polar surface area (TPSA) is 26.3 Å². The molecule has 19 heavy (non-hydrogen) atoms. The van der Waals surface area contributed by atoms with Gasteiger partial charge in [0.2, 0.25) is 0 Å². The number of benzene rings is 1. The third-order valence-electron chi connectivity index (χ3n) is 3.51. The first-order valence-corrected chi connectivity index (χ1v) is 7.17. The maximum atomic E-state index is 12.0. The zero-order valence-electron chi connectivity index (χ0n) is 11.5. The molecule has 0 fully saturated rings. The summed E-state index contributed by atoms with van der Waals surface area (Å²) in [5.74, 6) is -0.172. The summed E-state index contributed by atoms with van der Waals surface area (Å²) in [6.45, 7) is 4.24. The van der Waals surface area contributed by atoms with E-state index in [1.165, 1.54) is 0 Å². The lowest BCUT2D eigenvalue weighted by atomic mass is 9.87. The second kappa shape index (κ2) is 6.25.